The number of halogens is 1. The van der Waals surface area contributed by atoms with Gasteiger partial charge in [-0.1, -0.05) is 6.92 Å². The first-order valence-corrected chi connectivity index (χ1v) is 16.8. The van der Waals surface area contributed by atoms with Crippen LogP contribution in [0.2, 0.25) is 0 Å². The monoisotopic (exact) mass is 649 g/mol. The van der Waals surface area contributed by atoms with E-state index >= 15 is 0 Å². The number of sulfonamides is 2. The normalized spacial score (nSPS) is 18.4. The van der Waals surface area contributed by atoms with Crippen molar-refractivity contribution in [1.82, 2.24) is 9.21 Å². The van der Waals surface area contributed by atoms with Gasteiger partial charge in [0.05, 0.1) is 42.5 Å². The third-order valence-electron chi connectivity index (χ3n) is 7.50. The summed E-state index contributed by atoms with van der Waals surface area (Å²) in [7, 11) is -5.13. The molecule has 3 atom stereocenters. The molecule has 1 heterocycles. The van der Waals surface area contributed by atoms with Gasteiger partial charge in [-0.15, -0.1) is 0 Å². The number of hydrogen-bond acceptors (Lipinski definition) is 8. The highest BCUT2D eigenvalue weighted by Gasteiger charge is 2.33. The maximum Gasteiger partial charge on any atom is 0.261 e. The van der Waals surface area contributed by atoms with Gasteiger partial charge in [-0.3, -0.25) is 9.52 Å². The van der Waals surface area contributed by atoms with Crippen molar-refractivity contribution in [2.45, 2.75) is 42.2 Å². The van der Waals surface area contributed by atoms with E-state index in [9.17, 15) is 31.1 Å². The number of nitrogens with zero attached hydrogens (tertiary/aromatic N) is 2. The lowest BCUT2D eigenvalue weighted by Gasteiger charge is -2.33. The zero-order valence-electron chi connectivity index (χ0n) is 24.8. The molecule has 0 saturated carbocycles. The molecule has 3 aromatic rings. The van der Waals surface area contributed by atoms with Crippen LogP contribution >= 0.6 is 0 Å². The van der Waals surface area contributed by atoms with Crippen molar-refractivity contribution in [3.8, 4) is 11.5 Å². The van der Waals surface area contributed by atoms with Crippen molar-refractivity contribution in [2.24, 2.45) is 5.92 Å². The summed E-state index contributed by atoms with van der Waals surface area (Å²) < 4.78 is 81.2. The number of aliphatic hydroxyl groups is 1. The van der Waals surface area contributed by atoms with Crippen LogP contribution in [0.1, 0.15) is 19.4 Å². The van der Waals surface area contributed by atoms with Crippen LogP contribution in [0.3, 0.4) is 0 Å². The number of anilines is 1. The van der Waals surface area contributed by atoms with Gasteiger partial charge in [0.25, 0.3) is 10.0 Å². The number of amides is 1. The number of carbonyl (C=O) groups excluding carboxylic acids is 1. The summed E-state index contributed by atoms with van der Waals surface area (Å²) in [5.74, 6) is -0.485. The molecular formula is C30H36FN3O8S2. The zero-order chi connectivity index (χ0) is 32.2. The number of ether oxygens (including phenoxy) is 2. The first-order chi connectivity index (χ1) is 20.7. The number of methoxy groups -OCH3 is 1. The second-order valence-electron chi connectivity index (χ2n) is 10.7. The Hall–Kier alpha value is -3.72. The fourth-order valence-corrected chi connectivity index (χ4v) is 7.05. The quantitative estimate of drug-likeness (QED) is 0.341. The van der Waals surface area contributed by atoms with Gasteiger partial charge in [-0.05, 0) is 73.7 Å². The predicted octanol–water partition coefficient (Wildman–Crippen LogP) is 3.10. The zero-order valence-corrected chi connectivity index (χ0v) is 26.4. The molecule has 2 N–H and O–H groups in total. The Balaban J connectivity index is 1.67. The molecule has 0 bridgehead atoms. The Morgan fingerprint density at radius 2 is 1.70 bits per heavy atom. The van der Waals surface area contributed by atoms with Crippen LogP contribution in [0.5, 0.6) is 11.5 Å². The number of rotatable bonds is 10. The SMILES string of the molecule is COc1ccc(S(=O)(=O)Nc2ccc3c(c2)CC(=O)N([C@@H](C)CO)C[C@H](C)[C@H](CN(C)S(=O)(=O)c2ccc(F)cc2)O3)cc1. The smallest absolute Gasteiger partial charge is 0.261 e. The van der Waals surface area contributed by atoms with Crippen molar-refractivity contribution in [2.75, 3.05) is 38.6 Å². The highest BCUT2D eigenvalue weighted by atomic mass is 32.2. The Kier molecular flexibility index (Phi) is 10.2. The lowest BCUT2D eigenvalue weighted by atomic mass is 10.0. The largest absolute Gasteiger partial charge is 0.497 e. The average molecular weight is 650 g/mol. The molecule has 0 aliphatic carbocycles. The number of fused-ring (bicyclic) bond motifs is 1. The summed E-state index contributed by atoms with van der Waals surface area (Å²) in [6.07, 6.45) is -0.906. The molecule has 0 radical (unpaired) electrons. The summed E-state index contributed by atoms with van der Waals surface area (Å²) in [4.78, 5) is 14.9. The van der Waals surface area contributed by atoms with Crippen LogP contribution in [0.4, 0.5) is 10.1 Å². The van der Waals surface area contributed by atoms with Crippen LogP contribution in [0.25, 0.3) is 0 Å². The summed E-state index contributed by atoms with van der Waals surface area (Å²) in [6, 6.07) is 14.4. The minimum Gasteiger partial charge on any atom is -0.497 e. The number of hydrogen-bond donors (Lipinski definition) is 2. The molecule has 0 saturated heterocycles. The molecule has 0 spiro atoms. The highest BCUT2D eigenvalue weighted by molar-refractivity contribution is 7.92. The van der Waals surface area contributed by atoms with E-state index in [1.165, 1.54) is 73.7 Å². The molecule has 1 aliphatic heterocycles. The highest BCUT2D eigenvalue weighted by Crippen LogP contribution is 2.31. The van der Waals surface area contributed by atoms with Gasteiger partial charge in [0.1, 0.15) is 23.4 Å². The number of benzene rings is 3. The van der Waals surface area contributed by atoms with E-state index in [1.807, 2.05) is 6.92 Å². The fourth-order valence-electron chi connectivity index (χ4n) is 4.82. The van der Waals surface area contributed by atoms with Crippen molar-refractivity contribution < 1.29 is 40.6 Å². The van der Waals surface area contributed by atoms with E-state index in [2.05, 4.69) is 4.72 Å². The van der Waals surface area contributed by atoms with Gasteiger partial charge in [0.2, 0.25) is 15.9 Å². The Morgan fingerprint density at radius 3 is 2.32 bits per heavy atom. The van der Waals surface area contributed by atoms with E-state index in [0.29, 0.717) is 11.3 Å². The first kappa shape index (κ1) is 33.2. The number of carbonyl (C=O) groups is 1. The molecule has 1 aliphatic rings. The van der Waals surface area contributed by atoms with Crippen LogP contribution in [-0.4, -0.2) is 83.1 Å². The Bertz CT molecular complexity index is 1680. The molecule has 44 heavy (non-hydrogen) atoms. The van der Waals surface area contributed by atoms with Crippen LogP contribution in [0.15, 0.2) is 76.5 Å². The molecule has 1 amide bonds. The van der Waals surface area contributed by atoms with Crippen LogP contribution in [-0.2, 0) is 31.3 Å². The van der Waals surface area contributed by atoms with E-state index in [-0.39, 0.29) is 53.3 Å². The third-order valence-corrected chi connectivity index (χ3v) is 10.7. The molecule has 4 rings (SSSR count). The summed E-state index contributed by atoms with van der Waals surface area (Å²) >= 11 is 0. The molecular weight excluding hydrogens is 613 g/mol. The first-order valence-electron chi connectivity index (χ1n) is 13.8. The average Bonchev–Trinajstić information content (AvgIpc) is 3.04. The molecule has 3 aromatic carbocycles. The summed E-state index contributed by atoms with van der Waals surface area (Å²) in [5.41, 5.74) is 0.570. The van der Waals surface area contributed by atoms with Gasteiger partial charge in [0, 0.05) is 30.8 Å². The van der Waals surface area contributed by atoms with Gasteiger partial charge < -0.3 is 19.5 Å². The minimum atomic E-state index is -4.01. The molecule has 11 nitrogen and oxygen atoms in total. The maximum atomic E-state index is 13.5. The molecule has 0 fully saturated rings. The number of likely N-dealkylation sites (N-methyl/N-ethyl adjacent to an activating group) is 1. The number of aliphatic hydroxyl groups excluding tert-OH is 1. The lowest BCUT2D eigenvalue weighted by molar-refractivity contribution is -0.134. The summed E-state index contributed by atoms with van der Waals surface area (Å²) in [5, 5.41) is 9.87. The standard InChI is InChI=1S/C30H36FN3O8S2/c1-20-17-34(21(2)19-35)30(36)16-22-15-24(32-43(37,38)26-12-8-25(41-4)9-13-26)7-14-28(22)42-29(20)18-33(3)44(39,40)27-10-5-23(31)6-11-27/h5-15,20-21,29,32,35H,16-19H2,1-4H3/t20-,21-,29-/m0/s1. The summed E-state index contributed by atoms with van der Waals surface area (Å²) in [6.45, 7) is 3.28. The van der Waals surface area contributed by atoms with Crippen molar-refractivity contribution in [3.63, 3.8) is 0 Å². The van der Waals surface area contributed by atoms with Crippen molar-refractivity contribution in [1.29, 1.82) is 0 Å². The minimum absolute atomic E-state index is 0.0106. The van der Waals surface area contributed by atoms with Gasteiger partial charge >= 0.3 is 0 Å². The number of nitrogens with one attached hydrogen (secondary N) is 1. The second kappa shape index (κ2) is 13.5. The second-order valence-corrected chi connectivity index (χ2v) is 14.5. The van der Waals surface area contributed by atoms with E-state index in [0.717, 1.165) is 16.4 Å². The molecule has 0 aromatic heterocycles. The van der Waals surface area contributed by atoms with E-state index in [1.54, 1.807) is 6.92 Å². The lowest BCUT2D eigenvalue weighted by Crippen LogP contribution is -2.48. The predicted molar refractivity (Wildman–Crippen MR) is 162 cm³/mol. The van der Waals surface area contributed by atoms with Gasteiger partial charge in [0.15, 0.2) is 0 Å². The molecule has 238 valence electrons. The fraction of sp³-hybridized carbons (Fsp3) is 0.367. The van der Waals surface area contributed by atoms with Crippen molar-refractivity contribution in [3.05, 3.63) is 78.1 Å². The maximum absolute atomic E-state index is 13.5. The van der Waals surface area contributed by atoms with Crippen LogP contribution < -0.4 is 14.2 Å². The molecule has 14 heteroatoms. The molecule has 0 unspecified atom stereocenters. The Morgan fingerprint density at radius 1 is 1.07 bits per heavy atom. The van der Waals surface area contributed by atoms with Gasteiger partial charge in [-0.25, -0.2) is 21.2 Å². The topological polar surface area (TPSA) is 143 Å². The van der Waals surface area contributed by atoms with Crippen LogP contribution in [0, 0.1) is 11.7 Å². The van der Waals surface area contributed by atoms with Gasteiger partial charge in [-0.2, -0.15) is 4.31 Å². The van der Waals surface area contributed by atoms with E-state index < -0.39 is 43.9 Å². The van der Waals surface area contributed by atoms with Crippen molar-refractivity contribution >= 4 is 31.6 Å². The van der Waals surface area contributed by atoms with E-state index in [4.69, 9.17) is 9.47 Å². The third kappa shape index (κ3) is 7.49. The Labute approximate surface area is 257 Å².